The molecule has 0 aromatic heterocycles. The molecule has 0 radical (unpaired) electrons. The van der Waals surface area contributed by atoms with Crippen LogP contribution in [0.25, 0.3) is 0 Å². The van der Waals surface area contributed by atoms with Gasteiger partial charge in [0.15, 0.2) is 10.8 Å². The first-order valence-electron chi connectivity index (χ1n) is 12.7. The molecular formula is C28H31ClN2O8S2. The van der Waals surface area contributed by atoms with Crippen molar-refractivity contribution >= 4 is 57.8 Å². The number of nitrogens with zero attached hydrogens (tertiary/aromatic N) is 2. The Balaban J connectivity index is 2.09. The number of nitro groups is 1. The fraction of sp³-hybridized carbons (Fsp3) is 0.393. The summed E-state index contributed by atoms with van der Waals surface area (Å²) in [6.07, 6.45) is -0.982. The summed E-state index contributed by atoms with van der Waals surface area (Å²) in [5.41, 5.74) is -0.757. The van der Waals surface area contributed by atoms with Crippen molar-refractivity contribution in [3.8, 4) is 5.75 Å². The van der Waals surface area contributed by atoms with Gasteiger partial charge in [-0.1, -0.05) is 39.3 Å². The number of nitro benzene ring substituents is 1. The molecule has 0 unspecified atom stereocenters. The molecule has 1 aliphatic rings. The van der Waals surface area contributed by atoms with E-state index in [0.717, 1.165) is 0 Å². The zero-order valence-corrected chi connectivity index (χ0v) is 25.5. The van der Waals surface area contributed by atoms with E-state index in [1.807, 2.05) is 6.92 Å². The van der Waals surface area contributed by atoms with Gasteiger partial charge in [0.05, 0.1) is 22.3 Å². The van der Waals surface area contributed by atoms with E-state index in [2.05, 4.69) is 0 Å². The molecule has 3 atom stereocenters. The first-order valence-corrected chi connectivity index (χ1v) is 14.9. The van der Waals surface area contributed by atoms with Crippen LogP contribution in [0.1, 0.15) is 40.2 Å². The van der Waals surface area contributed by atoms with Crippen LogP contribution in [-0.2, 0) is 25.7 Å². The van der Waals surface area contributed by atoms with Crippen LogP contribution in [0.4, 0.5) is 5.69 Å². The molecule has 2 aromatic carbocycles. The fourth-order valence-electron chi connectivity index (χ4n) is 3.69. The van der Waals surface area contributed by atoms with Crippen LogP contribution in [0.15, 0.2) is 59.3 Å². The van der Waals surface area contributed by atoms with Crippen LogP contribution in [0.5, 0.6) is 5.75 Å². The van der Waals surface area contributed by atoms with E-state index in [-0.39, 0.29) is 33.9 Å². The number of aliphatic hydroxyl groups excluding tert-OH is 1. The summed E-state index contributed by atoms with van der Waals surface area (Å²) >= 11 is 8.04. The summed E-state index contributed by atoms with van der Waals surface area (Å²) in [5.74, 6) is -1.41. The maximum absolute atomic E-state index is 13.7. The Morgan fingerprint density at radius 1 is 1.15 bits per heavy atom. The minimum Gasteiger partial charge on any atom is -0.456 e. The predicted molar refractivity (Wildman–Crippen MR) is 158 cm³/mol. The maximum Gasteiger partial charge on any atom is 0.359 e. The molecule has 1 fully saturated rings. The van der Waals surface area contributed by atoms with Crippen LogP contribution >= 0.6 is 35.1 Å². The Morgan fingerprint density at radius 2 is 1.76 bits per heavy atom. The number of benzene rings is 2. The number of esters is 1. The largest absolute Gasteiger partial charge is 0.456 e. The summed E-state index contributed by atoms with van der Waals surface area (Å²) in [7, 11) is 0. The maximum atomic E-state index is 13.7. The number of non-ortho nitro benzene ring substituents is 1. The zero-order chi connectivity index (χ0) is 30.5. The van der Waals surface area contributed by atoms with E-state index >= 15 is 0 Å². The quantitative estimate of drug-likeness (QED) is 0.0822. The Kier molecular flexibility index (Phi) is 10.9. The van der Waals surface area contributed by atoms with Crippen molar-refractivity contribution in [2.24, 2.45) is 11.3 Å². The summed E-state index contributed by atoms with van der Waals surface area (Å²) in [4.78, 5) is 51.9. The third-order valence-electron chi connectivity index (χ3n) is 5.91. The summed E-state index contributed by atoms with van der Waals surface area (Å²) in [6.45, 7) is 8.25. The number of carbonyl (C=O) groups is 3. The van der Waals surface area contributed by atoms with E-state index < -0.39 is 39.6 Å². The molecule has 2 aromatic rings. The Morgan fingerprint density at radius 3 is 2.27 bits per heavy atom. The molecule has 41 heavy (non-hydrogen) atoms. The molecule has 1 amide bonds. The predicted octanol–water partition coefficient (Wildman–Crippen LogP) is 5.76. The van der Waals surface area contributed by atoms with Gasteiger partial charge in [-0.2, -0.15) is 0 Å². The molecule has 1 aliphatic heterocycles. The number of halogens is 1. The standard InChI is InChI=1S/C28H31ClN2O8S2/c1-6-40-24-21(16(2)32)23(33)30(24)22(25(34)38-15-17-7-11-19(12-8-17)31(36)37)26(41-27(35)28(3,4)5)39-20-13-9-18(29)10-14-20/h7-14,16,21,24,32H,6,15H2,1-5H3/t16-,21+,24-/m1/s1. The molecule has 1 saturated heterocycles. The monoisotopic (exact) mass is 622 g/mol. The van der Waals surface area contributed by atoms with Gasteiger partial charge in [0.2, 0.25) is 11.0 Å². The third kappa shape index (κ3) is 8.03. The molecule has 10 nitrogen and oxygen atoms in total. The number of likely N-dealkylation sites (tertiary alicyclic amines) is 1. The number of β-lactam (4-membered cyclic amide) rings is 1. The van der Waals surface area contributed by atoms with Crippen LogP contribution in [-0.4, -0.2) is 49.2 Å². The van der Waals surface area contributed by atoms with Gasteiger partial charge in [-0.15, -0.1) is 11.8 Å². The lowest BCUT2D eigenvalue weighted by Crippen LogP contribution is -2.63. The van der Waals surface area contributed by atoms with E-state index in [1.165, 1.54) is 47.9 Å². The van der Waals surface area contributed by atoms with Crippen molar-refractivity contribution in [3.05, 3.63) is 80.0 Å². The molecule has 3 rings (SSSR count). The summed E-state index contributed by atoms with van der Waals surface area (Å²) in [5, 5.41) is 20.6. The first-order chi connectivity index (χ1) is 19.2. The van der Waals surface area contributed by atoms with Crippen molar-refractivity contribution in [3.63, 3.8) is 0 Å². The van der Waals surface area contributed by atoms with Gasteiger partial charge in [-0.25, -0.2) is 4.79 Å². The van der Waals surface area contributed by atoms with E-state index in [4.69, 9.17) is 21.1 Å². The lowest BCUT2D eigenvalue weighted by atomic mass is 9.92. The highest BCUT2D eigenvalue weighted by Crippen LogP contribution is 2.43. The van der Waals surface area contributed by atoms with E-state index in [0.29, 0.717) is 28.1 Å². The first kappa shape index (κ1) is 32.5. The van der Waals surface area contributed by atoms with Crippen molar-refractivity contribution in [1.82, 2.24) is 4.90 Å². The third-order valence-corrected chi connectivity index (χ3v) is 8.60. The molecule has 13 heteroatoms. The minimum absolute atomic E-state index is 0.119. The van der Waals surface area contributed by atoms with E-state index in [9.17, 15) is 29.6 Å². The number of hydrogen-bond donors (Lipinski definition) is 1. The number of carbonyl (C=O) groups excluding carboxylic acids is 3. The van der Waals surface area contributed by atoms with Gasteiger partial charge >= 0.3 is 5.97 Å². The molecule has 0 bridgehead atoms. The van der Waals surface area contributed by atoms with Gasteiger partial charge in [-0.05, 0) is 66.4 Å². The number of hydrogen-bond acceptors (Lipinski definition) is 10. The highest BCUT2D eigenvalue weighted by atomic mass is 35.5. The van der Waals surface area contributed by atoms with Crippen LogP contribution in [0, 0.1) is 21.4 Å². The summed E-state index contributed by atoms with van der Waals surface area (Å²) in [6, 6.07) is 11.7. The molecular weight excluding hydrogens is 592 g/mol. The van der Waals surface area contributed by atoms with Crippen molar-refractivity contribution in [1.29, 1.82) is 0 Å². The average Bonchev–Trinajstić information content (AvgIpc) is 2.90. The van der Waals surface area contributed by atoms with Gasteiger partial charge in [0.1, 0.15) is 12.4 Å². The second-order valence-corrected chi connectivity index (χ2v) is 12.9. The minimum atomic E-state index is -0.982. The van der Waals surface area contributed by atoms with E-state index in [1.54, 1.807) is 45.0 Å². The number of ether oxygens (including phenoxy) is 2. The molecule has 0 aliphatic carbocycles. The SMILES string of the molecule is CCS[C@@H]1[C@@H]([C@@H](C)O)C(=O)N1C(C(=O)OCc1ccc([N+](=O)[O-])cc1)=C(Oc1ccc(Cl)cc1)SC(=O)C(C)(C)C. The Labute approximate surface area is 251 Å². The van der Waals surface area contributed by atoms with Gasteiger partial charge in [-0.3, -0.25) is 24.6 Å². The molecule has 1 N–H and O–H groups in total. The van der Waals surface area contributed by atoms with Crippen LogP contribution in [0.2, 0.25) is 5.02 Å². The van der Waals surface area contributed by atoms with Crippen LogP contribution < -0.4 is 4.74 Å². The second-order valence-electron chi connectivity index (χ2n) is 10.2. The second kappa shape index (κ2) is 13.7. The Bertz CT molecular complexity index is 1320. The lowest BCUT2D eigenvalue weighted by Gasteiger charge is -2.48. The van der Waals surface area contributed by atoms with Gasteiger partial charge < -0.3 is 14.6 Å². The molecule has 1 heterocycles. The fourth-order valence-corrected chi connectivity index (χ4v) is 5.96. The van der Waals surface area contributed by atoms with Crippen LogP contribution in [0.3, 0.4) is 0 Å². The molecule has 0 saturated carbocycles. The number of thioether (sulfide) groups is 2. The highest BCUT2D eigenvalue weighted by molar-refractivity contribution is 8.16. The lowest BCUT2D eigenvalue weighted by molar-refractivity contribution is -0.384. The van der Waals surface area contributed by atoms with Crippen molar-refractivity contribution < 1.29 is 33.9 Å². The average molecular weight is 623 g/mol. The zero-order valence-electron chi connectivity index (χ0n) is 23.2. The smallest absolute Gasteiger partial charge is 0.359 e. The number of rotatable bonds is 11. The topological polar surface area (TPSA) is 136 Å². The summed E-state index contributed by atoms with van der Waals surface area (Å²) < 4.78 is 11.6. The molecule has 220 valence electrons. The Hall–Kier alpha value is -3.06. The van der Waals surface area contributed by atoms with Crippen molar-refractivity contribution in [2.75, 3.05) is 5.75 Å². The highest BCUT2D eigenvalue weighted by Gasteiger charge is 2.54. The number of amides is 1. The number of aliphatic hydroxyl groups is 1. The van der Waals surface area contributed by atoms with Crippen molar-refractivity contribution in [2.45, 2.75) is 52.7 Å². The molecule has 0 spiro atoms. The van der Waals surface area contributed by atoms with Gasteiger partial charge in [0.25, 0.3) is 5.69 Å². The van der Waals surface area contributed by atoms with Gasteiger partial charge in [0, 0.05) is 22.6 Å². The normalized spacial score (nSPS) is 18.2.